The first kappa shape index (κ1) is 25.2. The molecular formula is C11H22O11. The van der Waals surface area contributed by atoms with E-state index in [4.69, 9.17) is 50.1 Å². The van der Waals surface area contributed by atoms with E-state index in [2.05, 4.69) is 4.74 Å². The lowest BCUT2D eigenvalue weighted by atomic mass is 10.1. The van der Waals surface area contributed by atoms with Gasteiger partial charge < -0.3 is 40.5 Å². The number of hydrogen-bond donors (Lipinski definition) is 7. The van der Waals surface area contributed by atoms with Crippen LogP contribution < -0.4 is 0 Å². The number of ether oxygens (including phenoxy) is 1. The molecule has 0 bridgehead atoms. The first-order chi connectivity index (χ1) is 9.82. The molecule has 0 unspecified atom stereocenters. The molecule has 0 spiro atoms. The number of rotatable bonds is 0. The smallest absolute Gasteiger partial charge is 0.300 e. The van der Waals surface area contributed by atoms with Gasteiger partial charge in [-0.25, -0.2) is 0 Å². The summed E-state index contributed by atoms with van der Waals surface area (Å²) in [7, 11) is 0. The highest BCUT2D eigenvalue weighted by molar-refractivity contribution is 5.63. The molecular weight excluding hydrogens is 308 g/mol. The summed E-state index contributed by atoms with van der Waals surface area (Å²) in [4.78, 5) is 27.0. The van der Waals surface area contributed by atoms with Crippen LogP contribution in [0.5, 0.6) is 0 Å². The third kappa shape index (κ3) is 23.3. The largest absolute Gasteiger partial charge is 0.481 e. The molecule has 0 aliphatic carbocycles. The second-order valence-electron chi connectivity index (χ2n) is 3.83. The molecule has 22 heavy (non-hydrogen) atoms. The molecule has 1 aliphatic heterocycles. The third-order valence-corrected chi connectivity index (χ3v) is 1.47. The molecule has 0 saturated carbocycles. The normalized spacial score (nSPS) is 25.8. The van der Waals surface area contributed by atoms with Crippen molar-refractivity contribution in [3.05, 3.63) is 0 Å². The molecule has 132 valence electrons. The monoisotopic (exact) mass is 330 g/mol. The second-order valence-corrected chi connectivity index (χ2v) is 3.83. The predicted octanol–water partition coefficient (Wildman–Crippen LogP) is -2.31. The maximum atomic E-state index is 9.00. The molecule has 1 heterocycles. The number of hydrogen-bond acceptors (Lipinski definition) is 8. The summed E-state index contributed by atoms with van der Waals surface area (Å²) in [5.41, 5.74) is 0. The molecule has 11 heteroatoms. The zero-order chi connectivity index (χ0) is 18.5. The summed E-state index contributed by atoms with van der Waals surface area (Å²) in [5, 5.41) is 57.5. The van der Waals surface area contributed by atoms with Gasteiger partial charge in [-0.3, -0.25) is 14.4 Å². The van der Waals surface area contributed by atoms with Crippen molar-refractivity contribution < 1.29 is 54.9 Å². The lowest BCUT2D eigenvalue weighted by Crippen LogP contribution is -2.52. The Labute approximate surface area is 126 Å². The fraction of sp³-hybridized carbons (Fsp3) is 0.727. The highest BCUT2D eigenvalue weighted by Gasteiger charge is 2.36. The van der Waals surface area contributed by atoms with E-state index in [1.807, 2.05) is 0 Å². The summed E-state index contributed by atoms with van der Waals surface area (Å²) in [6.45, 7) is 3.10. The minimum absolute atomic E-state index is 0.153. The van der Waals surface area contributed by atoms with E-state index in [1.165, 1.54) is 0 Å². The van der Waals surface area contributed by atoms with E-state index in [0.29, 0.717) is 0 Å². The fourth-order valence-electron chi connectivity index (χ4n) is 0.791. The Balaban J connectivity index is -0.000000253. The van der Waals surface area contributed by atoms with Gasteiger partial charge in [0.05, 0.1) is 6.61 Å². The number of carboxylic acids is 3. The average molecular weight is 330 g/mol. The van der Waals surface area contributed by atoms with Gasteiger partial charge in [-0.2, -0.15) is 0 Å². The number of aliphatic hydroxyl groups excluding tert-OH is 4. The predicted molar refractivity (Wildman–Crippen MR) is 69.9 cm³/mol. The second kappa shape index (κ2) is 14.2. The van der Waals surface area contributed by atoms with E-state index in [-0.39, 0.29) is 6.61 Å². The van der Waals surface area contributed by atoms with Crippen LogP contribution in [0.15, 0.2) is 0 Å². The molecule has 1 saturated heterocycles. The molecule has 0 aromatic rings. The van der Waals surface area contributed by atoms with E-state index >= 15 is 0 Å². The SMILES string of the molecule is CC(=O)O.CC(=O)O.CC(=O)O.O[C@@H]1[C@@H](O)[C@H](O)OC[C@H]1O. The van der Waals surface area contributed by atoms with Crippen LogP contribution in [0.25, 0.3) is 0 Å². The van der Waals surface area contributed by atoms with Crippen molar-refractivity contribution in [2.75, 3.05) is 6.61 Å². The van der Waals surface area contributed by atoms with Gasteiger partial charge in [0.1, 0.15) is 18.3 Å². The lowest BCUT2D eigenvalue weighted by molar-refractivity contribution is -0.252. The zero-order valence-corrected chi connectivity index (χ0v) is 12.3. The molecule has 0 aromatic carbocycles. The fourth-order valence-corrected chi connectivity index (χ4v) is 0.791. The van der Waals surface area contributed by atoms with Crippen LogP contribution in [0, 0.1) is 0 Å². The molecule has 0 radical (unpaired) electrons. The van der Waals surface area contributed by atoms with Crippen LogP contribution in [-0.4, -0.2) is 84.9 Å². The molecule has 0 aromatic heterocycles. The highest BCUT2D eigenvalue weighted by atomic mass is 16.6. The van der Waals surface area contributed by atoms with Crippen molar-refractivity contribution in [2.45, 2.75) is 45.4 Å². The van der Waals surface area contributed by atoms with Crippen molar-refractivity contribution in [1.29, 1.82) is 0 Å². The van der Waals surface area contributed by atoms with Gasteiger partial charge in [0.2, 0.25) is 0 Å². The van der Waals surface area contributed by atoms with Gasteiger partial charge in [-0.15, -0.1) is 0 Å². The number of carboxylic acid groups (broad SMARTS) is 3. The van der Waals surface area contributed by atoms with Crippen molar-refractivity contribution in [2.24, 2.45) is 0 Å². The summed E-state index contributed by atoms with van der Waals surface area (Å²) in [5.74, 6) is -2.50. The van der Waals surface area contributed by atoms with Gasteiger partial charge in [-0.1, -0.05) is 0 Å². The van der Waals surface area contributed by atoms with E-state index < -0.39 is 42.5 Å². The van der Waals surface area contributed by atoms with E-state index in [1.54, 1.807) is 0 Å². The maximum absolute atomic E-state index is 9.00. The average Bonchev–Trinajstić information content (AvgIpc) is 2.29. The zero-order valence-electron chi connectivity index (χ0n) is 12.3. The molecule has 7 N–H and O–H groups in total. The van der Waals surface area contributed by atoms with Crippen LogP contribution in [0.3, 0.4) is 0 Å². The number of aliphatic carboxylic acids is 3. The van der Waals surface area contributed by atoms with Crippen LogP contribution in [0.2, 0.25) is 0 Å². The topological polar surface area (TPSA) is 202 Å². The first-order valence-electron chi connectivity index (χ1n) is 5.75. The molecule has 1 rings (SSSR count). The molecule has 1 aliphatic rings. The van der Waals surface area contributed by atoms with Crippen molar-refractivity contribution in [3.63, 3.8) is 0 Å². The van der Waals surface area contributed by atoms with Crippen molar-refractivity contribution in [1.82, 2.24) is 0 Å². The molecule has 11 nitrogen and oxygen atoms in total. The van der Waals surface area contributed by atoms with Gasteiger partial charge in [0.15, 0.2) is 6.29 Å². The standard InChI is InChI=1S/C5H10O5.3C2H4O2/c6-2-1-10-5(9)4(8)3(2)7;3*1-2(3)4/h2-9H,1H2;3*1H3,(H,3,4)/t2-,3+,4-,5-;;;/m1.../s1. The van der Waals surface area contributed by atoms with Crippen LogP contribution in [0.4, 0.5) is 0 Å². The summed E-state index contributed by atoms with van der Waals surface area (Å²) < 4.78 is 4.47. The Bertz CT molecular complexity index is 275. The van der Waals surface area contributed by atoms with Crippen LogP contribution in [-0.2, 0) is 19.1 Å². The Morgan fingerprint density at radius 2 is 1.05 bits per heavy atom. The quantitative estimate of drug-likeness (QED) is 0.251. The highest BCUT2D eigenvalue weighted by Crippen LogP contribution is 2.12. The first-order valence-corrected chi connectivity index (χ1v) is 5.75. The molecule has 0 amide bonds. The van der Waals surface area contributed by atoms with Crippen molar-refractivity contribution in [3.8, 4) is 0 Å². The lowest BCUT2D eigenvalue weighted by Gasteiger charge is -2.31. The summed E-state index contributed by atoms with van der Waals surface area (Å²) >= 11 is 0. The summed E-state index contributed by atoms with van der Waals surface area (Å²) in [6, 6.07) is 0. The third-order valence-electron chi connectivity index (χ3n) is 1.47. The summed E-state index contributed by atoms with van der Waals surface area (Å²) in [6.07, 6.45) is -5.23. The Morgan fingerprint density at radius 3 is 1.27 bits per heavy atom. The van der Waals surface area contributed by atoms with Crippen molar-refractivity contribution >= 4 is 17.9 Å². The van der Waals surface area contributed by atoms with Gasteiger partial charge in [-0.05, 0) is 0 Å². The van der Waals surface area contributed by atoms with E-state index in [0.717, 1.165) is 20.8 Å². The van der Waals surface area contributed by atoms with Gasteiger partial charge in [0.25, 0.3) is 17.9 Å². The minimum atomic E-state index is -1.41. The van der Waals surface area contributed by atoms with E-state index in [9.17, 15) is 0 Å². The Hall–Kier alpha value is -1.79. The van der Waals surface area contributed by atoms with Crippen LogP contribution in [0.1, 0.15) is 20.8 Å². The minimum Gasteiger partial charge on any atom is -0.481 e. The Morgan fingerprint density at radius 1 is 0.773 bits per heavy atom. The maximum Gasteiger partial charge on any atom is 0.300 e. The van der Waals surface area contributed by atoms with Gasteiger partial charge in [0, 0.05) is 20.8 Å². The number of carbonyl (C=O) groups is 3. The van der Waals surface area contributed by atoms with Crippen LogP contribution >= 0.6 is 0 Å². The Kier molecular flexibility index (Phi) is 16.2. The molecule has 1 fully saturated rings. The number of aliphatic hydroxyl groups is 4. The van der Waals surface area contributed by atoms with Gasteiger partial charge >= 0.3 is 0 Å². The molecule has 4 atom stereocenters.